The standard InChI is InChI=1S/C21H33FN4O.HI/c1-14(17-9-10-20(18(22)11-17)27-13-15-5-6-15)25-21(23-2)24-12-19(26(3)4)16-7-8-16;/h9-11,14-16,19H,5-8,12-13H2,1-4H3,(H2,23,24,25);1H. The summed E-state index contributed by atoms with van der Waals surface area (Å²) < 4.78 is 19.9. The Morgan fingerprint density at radius 2 is 2.00 bits per heavy atom. The van der Waals surface area contributed by atoms with Gasteiger partial charge in [-0.3, -0.25) is 4.99 Å². The maximum absolute atomic E-state index is 14.3. The fourth-order valence-electron chi connectivity index (χ4n) is 3.33. The van der Waals surface area contributed by atoms with E-state index in [0.29, 0.717) is 24.3 Å². The number of rotatable bonds is 9. The summed E-state index contributed by atoms with van der Waals surface area (Å²) in [5.74, 6) is 2.18. The van der Waals surface area contributed by atoms with E-state index >= 15 is 0 Å². The summed E-state index contributed by atoms with van der Waals surface area (Å²) in [6.07, 6.45) is 5.01. The van der Waals surface area contributed by atoms with Gasteiger partial charge < -0.3 is 20.3 Å². The first-order valence-electron chi connectivity index (χ1n) is 10.0. The van der Waals surface area contributed by atoms with Crippen molar-refractivity contribution in [1.82, 2.24) is 15.5 Å². The Labute approximate surface area is 185 Å². The molecule has 0 radical (unpaired) electrons. The molecule has 5 nitrogen and oxygen atoms in total. The zero-order chi connectivity index (χ0) is 19.4. The summed E-state index contributed by atoms with van der Waals surface area (Å²) >= 11 is 0. The second kappa shape index (κ2) is 10.6. The summed E-state index contributed by atoms with van der Waals surface area (Å²) in [7, 11) is 6.01. The number of nitrogens with one attached hydrogen (secondary N) is 2. The number of nitrogens with zero attached hydrogens (tertiary/aromatic N) is 2. The lowest BCUT2D eigenvalue weighted by atomic mass is 10.1. The molecule has 0 saturated heterocycles. The molecule has 28 heavy (non-hydrogen) atoms. The van der Waals surface area contributed by atoms with E-state index in [-0.39, 0.29) is 35.8 Å². The summed E-state index contributed by atoms with van der Waals surface area (Å²) in [6, 6.07) is 5.67. The molecular formula is C21H34FIN4O. The summed E-state index contributed by atoms with van der Waals surface area (Å²) in [5.41, 5.74) is 0.876. The van der Waals surface area contributed by atoms with Crippen molar-refractivity contribution in [1.29, 1.82) is 0 Å². The van der Waals surface area contributed by atoms with Crippen molar-refractivity contribution in [3.05, 3.63) is 29.6 Å². The quantitative estimate of drug-likeness (QED) is 0.305. The Morgan fingerprint density at radius 3 is 2.54 bits per heavy atom. The summed E-state index contributed by atoms with van der Waals surface area (Å²) in [5, 5.41) is 6.77. The Balaban J connectivity index is 0.00000280. The van der Waals surface area contributed by atoms with Crippen LogP contribution in [0.2, 0.25) is 0 Å². The highest BCUT2D eigenvalue weighted by atomic mass is 127. The van der Waals surface area contributed by atoms with Crippen molar-refractivity contribution in [3.63, 3.8) is 0 Å². The third-order valence-electron chi connectivity index (χ3n) is 5.51. The first-order chi connectivity index (χ1) is 13.0. The number of benzene rings is 1. The molecule has 1 aromatic rings. The summed E-state index contributed by atoms with van der Waals surface area (Å²) in [6.45, 7) is 3.48. The van der Waals surface area contributed by atoms with E-state index in [1.165, 1.54) is 25.7 Å². The molecule has 2 aliphatic rings. The molecule has 0 aromatic heterocycles. The predicted octanol–water partition coefficient (Wildman–Crippen LogP) is 3.80. The van der Waals surface area contributed by atoms with Gasteiger partial charge >= 0.3 is 0 Å². The topological polar surface area (TPSA) is 48.9 Å². The van der Waals surface area contributed by atoms with Crippen LogP contribution >= 0.6 is 24.0 Å². The molecule has 0 amide bonds. The highest BCUT2D eigenvalue weighted by Gasteiger charge is 2.32. The number of halogens is 2. The Morgan fingerprint density at radius 1 is 1.29 bits per heavy atom. The molecule has 2 N–H and O–H groups in total. The maximum atomic E-state index is 14.3. The van der Waals surface area contributed by atoms with Crippen molar-refractivity contribution < 1.29 is 9.13 Å². The van der Waals surface area contributed by atoms with E-state index in [1.54, 1.807) is 19.2 Å². The Kier molecular flexibility index (Phi) is 8.80. The molecule has 2 aliphatic carbocycles. The molecule has 2 fully saturated rings. The second-order valence-corrected chi connectivity index (χ2v) is 8.13. The van der Waals surface area contributed by atoms with Gasteiger partial charge in [-0.2, -0.15) is 0 Å². The zero-order valence-electron chi connectivity index (χ0n) is 17.4. The number of hydrogen-bond acceptors (Lipinski definition) is 3. The highest BCUT2D eigenvalue weighted by Crippen LogP contribution is 2.34. The smallest absolute Gasteiger partial charge is 0.191 e. The van der Waals surface area contributed by atoms with Gasteiger partial charge in [0.2, 0.25) is 0 Å². The van der Waals surface area contributed by atoms with Gasteiger partial charge in [-0.05, 0) is 76.2 Å². The largest absolute Gasteiger partial charge is 0.490 e. The SMILES string of the molecule is CN=C(NCC(C1CC1)N(C)C)NC(C)c1ccc(OCC2CC2)c(F)c1.I. The molecule has 3 rings (SSSR count). The predicted molar refractivity (Wildman–Crippen MR) is 123 cm³/mol. The molecule has 7 heteroatoms. The average molecular weight is 504 g/mol. The van der Waals surface area contributed by atoms with Crippen LogP contribution in [0.4, 0.5) is 4.39 Å². The van der Waals surface area contributed by atoms with Crippen LogP contribution in [-0.2, 0) is 0 Å². The Bertz CT molecular complexity index is 660. The number of ether oxygens (including phenoxy) is 1. The number of likely N-dealkylation sites (N-methyl/N-ethyl adjacent to an activating group) is 1. The van der Waals surface area contributed by atoms with Gasteiger partial charge in [0.05, 0.1) is 12.6 Å². The fraction of sp³-hybridized carbons (Fsp3) is 0.667. The van der Waals surface area contributed by atoms with Crippen LogP contribution in [0.5, 0.6) is 5.75 Å². The summed E-state index contributed by atoms with van der Waals surface area (Å²) in [4.78, 5) is 6.59. The highest BCUT2D eigenvalue weighted by molar-refractivity contribution is 14.0. The van der Waals surface area contributed by atoms with E-state index in [2.05, 4.69) is 34.6 Å². The second-order valence-electron chi connectivity index (χ2n) is 8.13. The normalized spacial score (nSPS) is 19.0. The Hall–Kier alpha value is -1.09. The molecular weight excluding hydrogens is 470 g/mol. The van der Waals surface area contributed by atoms with Gasteiger partial charge in [-0.25, -0.2) is 4.39 Å². The minimum atomic E-state index is -0.300. The van der Waals surface area contributed by atoms with Gasteiger partial charge in [0.1, 0.15) is 0 Å². The number of guanidine groups is 1. The van der Waals surface area contributed by atoms with Gasteiger partial charge in [-0.15, -0.1) is 24.0 Å². The molecule has 0 heterocycles. The zero-order valence-corrected chi connectivity index (χ0v) is 19.7. The van der Waals surface area contributed by atoms with Crippen LogP contribution in [0.3, 0.4) is 0 Å². The van der Waals surface area contributed by atoms with Crippen molar-refractivity contribution in [2.75, 3.05) is 34.3 Å². The molecule has 2 unspecified atom stereocenters. The minimum absolute atomic E-state index is 0. The number of aliphatic imine (C=N–C) groups is 1. The first-order valence-corrected chi connectivity index (χ1v) is 10.0. The lowest BCUT2D eigenvalue weighted by Gasteiger charge is -2.26. The monoisotopic (exact) mass is 504 g/mol. The van der Waals surface area contributed by atoms with Crippen molar-refractivity contribution in [2.45, 2.75) is 44.7 Å². The molecule has 0 spiro atoms. The first kappa shape index (κ1) is 23.2. The molecule has 1 aromatic carbocycles. The third kappa shape index (κ3) is 6.76. The van der Waals surface area contributed by atoms with Crippen molar-refractivity contribution >= 4 is 29.9 Å². The van der Waals surface area contributed by atoms with E-state index in [9.17, 15) is 4.39 Å². The average Bonchev–Trinajstić information content (AvgIpc) is 3.53. The van der Waals surface area contributed by atoms with Crippen LogP contribution in [0, 0.1) is 17.7 Å². The van der Waals surface area contributed by atoms with Gasteiger partial charge in [0.15, 0.2) is 17.5 Å². The molecule has 2 atom stereocenters. The molecule has 0 bridgehead atoms. The maximum Gasteiger partial charge on any atom is 0.191 e. The van der Waals surface area contributed by atoms with E-state index < -0.39 is 0 Å². The van der Waals surface area contributed by atoms with Gasteiger partial charge in [-0.1, -0.05) is 6.07 Å². The van der Waals surface area contributed by atoms with Crippen LogP contribution in [0.25, 0.3) is 0 Å². The molecule has 0 aliphatic heterocycles. The molecule has 158 valence electrons. The van der Waals surface area contributed by atoms with Gasteiger partial charge in [0.25, 0.3) is 0 Å². The fourth-order valence-corrected chi connectivity index (χ4v) is 3.33. The third-order valence-corrected chi connectivity index (χ3v) is 5.51. The van der Waals surface area contributed by atoms with Crippen LogP contribution in [0.1, 0.15) is 44.2 Å². The lowest BCUT2D eigenvalue weighted by Crippen LogP contribution is -2.46. The van der Waals surface area contributed by atoms with Crippen LogP contribution in [-0.4, -0.2) is 51.2 Å². The van der Waals surface area contributed by atoms with E-state index in [1.807, 2.05) is 13.0 Å². The molecule has 2 saturated carbocycles. The lowest BCUT2D eigenvalue weighted by molar-refractivity contribution is 0.264. The minimum Gasteiger partial charge on any atom is -0.490 e. The van der Waals surface area contributed by atoms with E-state index in [4.69, 9.17) is 4.74 Å². The van der Waals surface area contributed by atoms with Crippen molar-refractivity contribution in [2.24, 2.45) is 16.8 Å². The van der Waals surface area contributed by atoms with Crippen LogP contribution < -0.4 is 15.4 Å². The van der Waals surface area contributed by atoms with E-state index in [0.717, 1.165) is 24.0 Å². The van der Waals surface area contributed by atoms with Crippen LogP contribution in [0.15, 0.2) is 23.2 Å². The van der Waals surface area contributed by atoms with Gasteiger partial charge in [0, 0.05) is 19.6 Å². The number of hydrogen-bond donors (Lipinski definition) is 2. The van der Waals surface area contributed by atoms with Crippen molar-refractivity contribution in [3.8, 4) is 5.75 Å².